The van der Waals surface area contributed by atoms with Gasteiger partial charge in [-0.15, -0.1) is 0 Å². The predicted molar refractivity (Wildman–Crippen MR) is 107 cm³/mol. The number of hydrogen-bond acceptors (Lipinski definition) is 6. The first-order valence-electron chi connectivity index (χ1n) is 8.90. The normalized spacial score (nSPS) is 12.4. The van der Waals surface area contributed by atoms with Crippen molar-refractivity contribution in [3.8, 4) is 11.5 Å². The Balaban J connectivity index is 1.51. The molecule has 1 aliphatic heterocycles. The molecule has 0 fully saturated rings. The van der Waals surface area contributed by atoms with Gasteiger partial charge in [0.2, 0.25) is 5.95 Å². The van der Waals surface area contributed by atoms with Gasteiger partial charge in [0.15, 0.2) is 0 Å². The van der Waals surface area contributed by atoms with E-state index >= 15 is 0 Å². The smallest absolute Gasteiger partial charge is 0.261 e. The van der Waals surface area contributed by atoms with Gasteiger partial charge in [0, 0.05) is 30.7 Å². The molecule has 1 aromatic heterocycles. The predicted octanol–water partition coefficient (Wildman–Crippen LogP) is 3.44. The number of carbonyl (C=O) groups excluding carboxylic acids is 1. The van der Waals surface area contributed by atoms with Crippen molar-refractivity contribution in [3.05, 3.63) is 66.0 Å². The third-order valence-electron chi connectivity index (χ3n) is 4.69. The third kappa shape index (κ3) is 3.34. The maximum atomic E-state index is 12.8. The van der Waals surface area contributed by atoms with Gasteiger partial charge in [0.25, 0.3) is 5.91 Å². The number of methoxy groups -OCH3 is 2. The number of nitrogens with zero attached hydrogens (tertiary/aromatic N) is 3. The summed E-state index contributed by atoms with van der Waals surface area (Å²) >= 11 is 0. The van der Waals surface area contributed by atoms with E-state index in [9.17, 15) is 4.79 Å². The zero-order chi connectivity index (χ0) is 19.5. The van der Waals surface area contributed by atoms with Crippen LogP contribution in [0.15, 0.2) is 54.9 Å². The van der Waals surface area contributed by atoms with Crippen LogP contribution in [0.5, 0.6) is 11.5 Å². The Labute approximate surface area is 163 Å². The molecule has 4 rings (SSSR count). The summed E-state index contributed by atoms with van der Waals surface area (Å²) in [6, 6.07) is 13.3. The lowest BCUT2D eigenvalue weighted by Gasteiger charge is -2.17. The Morgan fingerprint density at radius 2 is 1.86 bits per heavy atom. The summed E-state index contributed by atoms with van der Waals surface area (Å²) < 4.78 is 10.6. The lowest BCUT2D eigenvalue weighted by atomic mass is 10.2. The molecule has 0 saturated heterocycles. The molecule has 0 spiro atoms. The van der Waals surface area contributed by atoms with E-state index < -0.39 is 0 Å². The third-order valence-corrected chi connectivity index (χ3v) is 4.69. The number of anilines is 3. The zero-order valence-electron chi connectivity index (χ0n) is 15.7. The number of fused-ring (bicyclic) bond motifs is 1. The molecule has 0 aliphatic carbocycles. The maximum Gasteiger partial charge on any atom is 0.261 e. The monoisotopic (exact) mass is 376 g/mol. The van der Waals surface area contributed by atoms with Crippen LogP contribution in [0, 0.1) is 0 Å². The largest absolute Gasteiger partial charge is 0.497 e. The van der Waals surface area contributed by atoms with Crippen LogP contribution in [-0.4, -0.2) is 36.6 Å². The molecular weight excluding hydrogens is 356 g/mol. The number of para-hydroxylation sites is 1. The summed E-state index contributed by atoms with van der Waals surface area (Å²) in [4.78, 5) is 23.2. The van der Waals surface area contributed by atoms with Crippen molar-refractivity contribution >= 4 is 23.2 Å². The van der Waals surface area contributed by atoms with Crippen LogP contribution in [0.3, 0.4) is 0 Å². The van der Waals surface area contributed by atoms with Crippen molar-refractivity contribution in [3.63, 3.8) is 0 Å². The molecule has 1 N–H and O–H groups in total. The SMILES string of the molecule is COc1ccc(Nc2ncc(C(=O)N3CCc4ccccc43)cn2)c(OC)c1. The summed E-state index contributed by atoms with van der Waals surface area (Å²) in [6.45, 7) is 0.668. The number of nitrogens with one attached hydrogen (secondary N) is 1. The van der Waals surface area contributed by atoms with E-state index in [1.807, 2.05) is 36.4 Å². The number of aromatic nitrogens is 2. The minimum atomic E-state index is -0.0986. The zero-order valence-corrected chi connectivity index (χ0v) is 15.7. The Hall–Kier alpha value is -3.61. The van der Waals surface area contributed by atoms with Crippen LogP contribution in [0.25, 0.3) is 0 Å². The second-order valence-electron chi connectivity index (χ2n) is 6.32. The van der Waals surface area contributed by atoms with Crippen LogP contribution in [0.4, 0.5) is 17.3 Å². The number of rotatable bonds is 5. The first-order valence-corrected chi connectivity index (χ1v) is 8.90. The van der Waals surface area contributed by atoms with Gasteiger partial charge in [-0.3, -0.25) is 4.79 Å². The van der Waals surface area contributed by atoms with E-state index in [4.69, 9.17) is 9.47 Å². The molecule has 28 heavy (non-hydrogen) atoms. The molecule has 0 radical (unpaired) electrons. The van der Waals surface area contributed by atoms with Crippen molar-refractivity contribution in [2.75, 3.05) is 31.0 Å². The fourth-order valence-electron chi connectivity index (χ4n) is 3.23. The van der Waals surface area contributed by atoms with E-state index in [1.54, 1.807) is 25.2 Å². The average molecular weight is 376 g/mol. The molecular formula is C21H20N4O3. The quantitative estimate of drug-likeness (QED) is 0.735. The molecule has 1 aliphatic rings. The van der Waals surface area contributed by atoms with Crippen molar-refractivity contribution in [2.24, 2.45) is 0 Å². The van der Waals surface area contributed by atoms with Gasteiger partial charge in [-0.2, -0.15) is 0 Å². The fourth-order valence-corrected chi connectivity index (χ4v) is 3.23. The van der Waals surface area contributed by atoms with Gasteiger partial charge in [-0.05, 0) is 30.2 Å². The van der Waals surface area contributed by atoms with Gasteiger partial charge < -0.3 is 19.7 Å². The van der Waals surface area contributed by atoms with Gasteiger partial charge in [0.05, 0.1) is 25.5 Å². The van der Waals surface area contributed by atoms with Crippen LogP contribution < -0.4 is 19.7 Å². The van der Waals surface area contributed by atoms with E-state index in [2.05, 4.69) is 15.3 Å². The number of amides is 1. The average Bonchev–Trinajstić information content (AvgIpc) is 3.18. The Kier molecular flexibility index (Phi) is 4.80. The first kappa shape index (κ1) is 17.8. The molecule has 7 nitrogen and oxygen atoms in total. The lowest BCUT2D eigenvalue weighted by molar-refractivity contribution is 0.0988. The summed E-state index contributed by atoms with van der Waals surface area (Å²) in [5.74, 6) is 1.58. The molecule has 0 bridgehead atoms. The summed E-state index contributed by atoms with van der Waals surface area (Å²) in [6.07, 6.45) is 3.93. The summed E-state index contributed by atoms with van der Waals surface area (Å²) in [5.41, 5.74) is 3.29. The van der Waals surface area contributed by atoms with Crippen LogP contribution in [0.1, 0.15) is 15.9 Å². The molecule has 0 atom stereocenters. The molecule has 3 aromatic rings. The van der Waals surface area contributed by atoms with Gasteiger partial charge in [0.1, 0.15) is 11.5 Å². The highest BCUT2D eigenvalue weighted by Gasteiger charge is 2.25. The van der Waals surface area contributed by atoms with E-state index in [-0.39, 0.29) is 5.91 Å². The van der Waals surface area contributed by atoms with Crippen molar-refractivity contribution < 1.29 is 14.3 Å². The highest BCUT2D eigenvalue weighted by molar-refractivity contribution is 6.07. The number of benzene rings is 2. The van der Waals surface area contributed by atoms with Crippen LogP contribution in [-0.2, 0) is 6.42 Å². The molecule has 7 heteroatoms. The van der Waals surface area contributed by atoms with E-state index in [1.165, 1.54) is 18.0 Å². The van der Waals surface area contributed by atoms with Crippen molar-refractivity contribution in [1.82, 2.24) is 9.97 Å². The lowest BCUT2D eigenvalue weighted by Crippen LogP contribution is -2.29. The van der Waals surface area contributed by atoms with Crippen LogP contribution >= 0.6 is 0 Å². The second kappa shape index (κ2) is 7.56. The van der Waals surface area contributed by atoms with E-state index in [0.717, 1.165) is 12.1 Å². The summed E-state index contributed by atoms with van der Waals surface area (Å²) in [7, 11) is 3.18. The highest BCUT2D eigenvalue weighted by Crippen LogP contribution is 2.31. The topological polar surface area (TPSA) is 76.6 Å². The van der Waals surface area contributed by atoms with Crippen LogP contribution in [0.2, 0.25) is 0 Å². The molecule has 142 valence electrons. The minimum Gasteiger partial charge on any atom is -0.497 e. The highest BCUT2D eigenvalue weighted by atomic mass is 16.5. The molecule has 1 amide bonds. The molecule has 0 saturated carbocycles. The number of carbonyl (C=O) groups is 1. The standard InChI is InChI=1S/C21H20N4O3/c1-27-16-7-8-17(19(11-16)28-2)24-21-22-12-15(13-23-21)20(26)25-10-9-14-5-3-4-6-18(14)25/h3-8,11-13H,9-10H2,1-2H3,(H,22,23,24). The minimum absolute atomic E-state index is 0.0986. The molecule has 0 unspecified atom stereocenters. The van der Waals surface area contributed by atoms with Crippen molar-refractivity contribution in [2.45, 2.75) is 6.42 Å². The first-order chi connectivity index (χ1) is 13.7. The molecule has 2 aromatic carbocycles. The molecule has 2 heterocycles. The Morgan fingerprint density at radius 1 is 1.07 bits per heavy atom. The summed E-state index contributed by atoms with van der Waals surface area (Å²) in [5, 5.41) is 3.10. The fraction of sp³-hybridized carbons (Fsp3) is 0.190. The van der Waals surface area contributed by atoms with Gasteiger partial charge in [-0.1, -0.05) is 18.2 Å². The number of hydrogen-bond donors (Lipinski definition) is 1. The number of ether oxygens (including phenoxy) is 2. The van der Waals surface area contributed by atoms with Gasteiger partial charge >= 0.3 is 0 Å². The van der Waals surface area contributed by atoms with Gasteiger partial charge in [-0.25, -0.2) is 9.97 Å². The van der Waals surface area contributed by atoms with Crippen molar-refractivity contribution in [1.29, 1.82) is 0 Å². The Bertz CT molecular complexity index is 1000. The second-order valence-corrected chi connectivity index (χ2v) is 6.32. The maximum absolute atomic E-state index is 12.8. The van der Waals surface area contributed by atoms with E-state index in [0.29, 0.717) is 35.2 Å². The Morgan fingerprint density at radius 3 is 2.61 bits per heavy atom.